The quantitative estimate of drug-likeness (QED) is 0.829. The van der Waals surface area contributed by atoms with Crippen molar-refractivity contribution in [3.05, 3.63) is 17.9 Å². The number of rotatable bonds is 6. The maximum Gasteiger partial charge on any atom is 0.275 e. The molecule has 1 aliphatic heterocycles. The minimum atomic E-state index is -3.53. The molecule has 1 aliphatic rings. The molecule has 7 nitrogen and oxygen atoms in total. The standard InChI is InChI=1S/C16H27N3O4S/c1-12(2)17-16(20)13-7-9-19(10-8-13)11-14-5-6-15(23-14)24(21,22)18(3)4/h5-6,12-13H,7-11H2,1-4H3,(H,17,20). The van der Waals surface area contributed by atoms with Crippen molar-refractivity contribution in [3.63, 3.8) is 0 Å². The molecule has 136 valence electrons. The van der Waals surface area contributed by atoms with E-state index in [0.29, 0.717) is 12.3 Å². The summed E-state index contributed by atoms with van der Waals surface area (Å²) >= 11 is 0. The number of nitrogens with one attached hydrogen (secondary N) is 1. The summed E-state index contributed by atoms with van der Waals surface area (Å²) in [5.74, 6) is 0.812. The molecule has 1 saturated heterocycles. The minimum Gasteiger partial charge on any atom is -0.447 e. The third kappa shape index (κ3) is 4.58. The Kier molecular flexibility index (Phi) is 6.06. The van der Waals surface area contributed by atoms with Gasteiger partial charge in [-0.2, -0.15) is 0 Å². The molecule has 2 heterocycles. The van der Waals surface area contributed by atoms with Gasteiger partial charge in [0.15, 0.2) is 0 Å². The van der Waals surface area contributed by atoms with E-state index in [1.54, 1.807) is 6.07 Å². The van der Waals surface area contributed by atoms with Crippen molar-refractivity contribution in [3.8, 4) is 0 Å². The summed E-state index contributed by atoms with van der Waals surface area (Å²) in [6.07, 6.45) is 1.62. The first-order chi connectivity index (χ1) is 11.2. The average molecular weight is 357 g/mol. The fourth-order valence-electron chi connectivity index (χ4n) is 2.74. The number of nitrogens with zero attached hydrogens (tertiary/aromatic N) is 2. The van der Waals surface area contributed by atoms with Gasteiger partial charge in [0.25, 0.3) is 10.0 Å². The average Bonchev–Trinajstić information content (AvgIpc) is 2.96. The molecule has 8 heteroatoms. The van der Waals surface area contributed by atoms with Crippen LogP contribution < -0.4 is 5.32 Å². The summed E-state index contributed by atoms with van der Waals surface area (Å²) in [5, 5.41) is 2.93. The van der Waals surface area contributed by atoms with Gasteiger partial charge in [-0.1, -0.05) is 0 Å². The second kappa shape index (κ2) is 7.67. The first-order valence-corrected chi connectivity index (χ1v) is 9.68. The molecule has 0 bridgehead atoms. The van der Waals surface area contributed by atoms with Crippen LogP contribution in [0.5, 0.6) is 0 Å². The summed E-state index contributed by atoms with van der Waals surface area (Å²) in [5.41, 5.74) is 0. The summed E-state index contributed by atoms with van der Waals surface area (Å²) in [4.78, 5) is 14.2. The van der Waals surface area contributed by atoms with Crippen LogP contribution in [-0.4, -0.2) is 56.8 Å². The van der Waals surface area contributed by atoms with E-state index in [2.05, 4.69) is 10.2 Å². The number of hydrogen-bond donors (Lipinski definition) is 1. The molecule has 1 N–H and O–H groups in total. The highest BCUT2D eigenvalue weighted by Crippen LogP contribution is 2.22. The van der Waals surface area contributed by atoms with Gasteiger partial charge in [-0.05, 0) is 51.9 Å². The smallest absolute Gasteiger partial charge is 0.275 e. The van der Waals surface area contributed by atoms with Gasteiger partial charge in [0, 0.05) is 26.1 Å². The van der Waals surface area contributed by atoms with Crippen molar-refractivity contribution >= 4 is 15.9 Å². The van der Waals surface area contributed by atoms with Crippen LogP contribution in [0.4, 0.5) is 0 Å². The van der Waals surface area contributed by atoms with E-state index in [0.717, 1.165) is 30.2 Å². The van der Waals surface area contributed by atoms with Crippen LogP contribution in [0.25, 0.3) is 0 Å². The van der Waals surface area contributed by atoms with Crippen LogP contribution in [-0.2, 0) is 21.4 Å². The van der Waals surface area contributed by atoms with E-state index in [4.69, 9.17) is 4.42 Å². The molecule has 1 amide bonds. The zero-order valence-corrected chi connectivity index (χ0v) is 15.6. The number of piperidine rings is 1. The van der Waals surface area contributed by atoms with Gasteiger partial charge in [0.1, 0.15) is 5.76 Å². The lowest BCUT2D eigenvalue weighted by molar-refractivity contribution is -0.127. The first kappa shape index (κ1) is 19.0. The van der Waals surface area contributed by atoms with Gasteiger partial charge in [-0.25, -0.2) is 12.7 Å². The fourth-order valence-corrected chi connectivity index (χ4v) is 3.55. The topological polar surface area (TPSA) is 82.9 Å². The second-order valence-corrected chi connectivity index (χ2v) is 8.80. The summed E-state index contributed by atoms with van der Waals surface area (Å²) in [6, 6.07) is 3.36. The molecule has 0 radical (unpaired) electrons. The van der Waals surface area contributed by atoms with Crippen LogP contribution in [0.2, 0.25) is 0 Å². The van der Waals surface area contributed by atoms with E-state index < -0.39 is 10.0 Å². The van der Waals surface area contributed by atoms with Gasteiger partial charge in [-0.3, -0.25) is 9.69 Å². The maximum atomic E-state index is 12.0. The molecule has 0 aliphatic carbocycles. The molecular weight excluding hydrogens is 330 g/mol. The number of likely N-dealkylation sites (tertiary alicyclic amines) is 1. The lowest BCUT2D eigenvalue weighted by atomic mass is 9.95. The van der Waals surface area contributed by atoms with Gasteiger partial charge in [0.05, 0.1) is 6.54 Å². The molecule has 0 unspecified atom stereocenters. The van der Waals surface area contributed by atoms with Crippen molar-refractivity contribution in [2.24, 2.45) is 5.92 Å². The van der Waals surface area contributed by atoms with E-state index in [1.165, 1.54) is 20.2 Å². The highest BCUT2D eigenvalue weighted by atomic mass is 32.2. The second-order valence-electron chi connectivity index (χ2n) is 6.72. The first-order valence-electron chi connectivity index (χ1n) is 8.24. The Hall–Kier alpha value is -1.38. The Morgan fingerprint density at radius 3 is 2.50 bits per heavy atom. The SMILES string of the molecule is CC(C)NC(=O)C1CCN(Cc2ccc(S(=O)(=O)N(C)C)o2)CC1. The van der Waals surface area contributed by atoms with E-state index >= 15 is 0 Å². The van der Waals surface area contributed by atoms with Crippen molar-refractivity contribution in [1.82, 2.24) is 14.5 Å². The van der Waals surface area contributed by atoms with Crippen LogP contribution in [0.1, 0.15) is 32.4 Å². The number of carbonyl (C=O) groups excluding carboxylic acids is 1. The Morgan fingerprint density at radius 1 is 1.33 bits per heavy atom. The van der Waals surface area contributed by atoms with Crippen molar-refractivity contribution < 1.29 is 17.6 Å². The highest BCUT2D eigenvalue weighted by Gasteiger charge is 2.26. The largest absolute Gasteiger partial charge is 0.447 e. The molecule has 0 spiro atoms. The molecule has 1 fully saturated rings. The molecule has 0 atom stereocenters. The third-order valence-corrected chi connectivity index (χ3v) is 5.83. The van der Waals surface area contributed by atoms with Gasteiger partial charge in [0.2, 0.25) is 11.0 Å². The zero-order valence-electron chi connectivity index (χ0n) is 14.8. The number of sulfonamides is 1. The fraction of sp³-hybridized carbons (Fsp3) is 0.688. The number of carbonyl (C=O) groups is 1. The van der Waals surface area contributed by atoms with Crippen molar-refractivity contribution in [1.29, 1.82) is 0 Å². The number of furan rings is 1. The van der Waals surface area contributed by atoms with E-state index in [9.17, 15) is 13.2 Å². The molecular formula is C16H27N3O4S. The Bertz CT molecular complexity index is 659. The number of hydrogen-bond acceptors (Lipinski definition) is 5. The Morgan fingerprint density at radius 2 is 1.96 bits per heavy atom. The highest BCUT2D eigenvalue weighted by molar-refractivity contribution is 7.88. The molecule has 24 heavy (non-hydrogen) atoms. The molecule has 1 aromatic heterocycles. The lowest BCUT2D eigenvalue weighted by Crippen LogP contribution is -2.42. The monoisotopic (exact) mass is 357 g/mol. The van der Waals surface area contributed by atoms with Crippen molar-refractivity contribution in [2.45, 2.75) is 44.4 Å². The van der Waals surface area contributed by atoms with Crippen LogP contribution >= 0.6 is 0 Å². The third-order valence-electron chi connectivity index (χ3n) is 4.14. The van der Waals surface area contributed by atoms with E-state index in [-0.39, 0.29) is 23.0 Å². The van der Waals surface area contributed by atoms with Gasteiger partial charge in [-0.15, -0.1) is 0 Å². The molecule has 2 rings (SSSR count). The molecule has 0 saturated carbocycles. The van der Waals surface area contributed by atoms with E-state index in [1.807, 2.05) is 13.8 Å². The molecule has 1 aromatic rings. The maximum absolute atomic E-state index is 12.0. The van der Waals surface area contributed by atoms with Crippen LogP contribution in [0, 0.1) is 5.92 Å². The normalized spacial score (nSPS) is 17.6. The molecule has 0 aromatic carbocycles. The van der Waals surface area contributed by atoms with Crippen LogP contribution in [0.3, 0.4) is 0 Å². The van der Waals surface area contributed by atoms with Crippen molar-refractivity contribution in [2.75, 3.05) is 27.2 Å². The van der Waals surface area contributed by atoms with Gasteiger partial charge < -0.3 is 9.73 Å². The Balaban J connectivity index is 1.89. The minimum absolute atomic E-state index is 0.0336. The predicted octanol–water partition coefficient (Wildman–Crippen LogP) is 1.27. The summed E-state index contributed by atoms with van der Waals surface area (Å²) < 4.78 is 30.7. The zero-order chi connectivity index (χ0) is 17.9. The lowest BCUT2D eigenvalue weighted by Gasteiger charge is -2.31. The number of amides is 1. The Labute approximate surface area is 144 Å². The summed E-state index contributed by atoms with van der Waals surface area (Å²) in [6.45, 7) is 6.08. The van der Waals surface area contributed by atoms with Gasteiger partial charge >= 0.3 is 0 Å². The van der Waals surface area contributed by atoms with Crippen LogP contribution in [0.15, 0.2) is 21.6 Å². The predicted molar refractivity (Wildman–Crippen MR) is 90.9 cm³/mol. The summed E-state index contributed by atoms with van der Waals surface area (Å²) in [7, 11) is -0.580.